The number of likely N-dealkylation sites (tertiary alicyclic amines) is 1. The van der Waals surface area contributed by atoms with Gasteiger partial charge in [0, 0.05) is 16.3 Å². The standard InChI is InChI=1S/C19H18BrF2N3O4/c1-17(2,3)19(7-18(21,22)8-25(19)16(27)28)15-23-12-10-6-9(20)4-5-11(10)29-13(12)14(26)24-15/h4-6H,7-8H2,1-3H3,(H,27,28)(H,23,24,26)/t19-/m0/s1. The fourth-order valence-corrected chi connectivity index (χ4v) is 4.54. The van der Waals surface area contributed by atoms with Crippen LogP contribution in [0.15, 0.2) is 31.9 Å². The topological polar surface area (TPSA) is 99.4 Å². The Morgan fingerprint density at radius 3 is 2.69 bits per heavy atom. The molecule has 1 fully saturated rings. The van der Waals surface area contributed by atoms with Crippen molar-refractivity contribution in [3.63, 3.8) is 0 Å². The molecular weight excluding hydrogens is 452 g/mol. The van der Waals surface area contributed by atoms with Crippen molar-refractivity contribution in [3.8, 4) is 0 Å². The molecule has 2 aromatic heterocycles. The zero-order valence-electron chi connectivity index (χ0n) is 15.8. The van der Waals surface area contributed by atoms with E-state index in [-0.39, 0.29) is 16.9 Å². The molecule has 0 spiro atoms. The zero-order valence-corrected chi connectivity index (χ0v) is 17.4. The van der Waals surface area contributed by atoms with Crippen molar-refractivity contribution in [3.05, 3.63) is 38.9 Å². The number of aromatic amines is 1. The maximum atomic E-state index is 14.5. The fraction of sp³-hybridized carbons (Fsp3) is 0.421. The highest BCUT2D eigenvalue weighted by atomic mass is 79.9. The van der Waals surface area contributed by atoms with Gasteiger partial charge in [0.05, 0.1) is 6.54 Å². The van der Waals surface area contributed by atoms with Gasteiger partial charge in [-0.25, -0.2) is 18.6 Å². The Kier molecular flexibility index (Phi) is 4.10. The summed E-state index contributed by atoms with van der Waals surface area (Å²) < 4.78 is 35.3. The predicted octanol–water partition coefficient (Wildman–Crippen LogP) is 4.69. The van der Waals surface area contributed by atoms with Gasteiger partial charge < -0.3 is 14.5 Å². The second kappa shape index (κ2) is 6.01. The molecule has 1 aliphatic heterocycles. The van der Waals surface area contributed by atoms with Gasteiger partial charge >= 0.3 is 6.09 Å². The average Bonchev–Trinajstić information content (AvgIpc) is 3.10. The molecule has 0 saturated carbocycles. The second-order valence-electron chi connectivity index (χ2n) is 8.35. The van der Waals surface area contributed by atoms with Gasteiger partial charge in [-0.2, -0.15) is 0 Å². The molecule has 29 heavy (non-hydrogen) atoms. The summed E-state index contributed by atoms with van der Waals surface area (Å²) in [5.74, 6) is -3.38. The van der Waals surface area contributed by atoms with Crippen molar-refractivity contribution < 1.29 is 23.1 Å². The Labute approximate surface area is 171 Å². The number of benzene rings is 1. The molecule has 0 radical (unpaired) electrons. The van der Waals surface area contributed by atoms with E-state index in [1.54, 1.807) is 39.0 Å². The molecule has 1 aromatic carbocycles. The maximum absolute atomic E-state index is 14.5. The first-order chi connectivity index (χ1) is 13.4. The van der Waals surface area contributed by atoms with E-state index in [1.807, 2.05) is 0 Å². The van der Waals surface area contributed by atoms with Gasteiger partial charge in [0.1, 0.15) is 22.5 Å². The number of furan rings is 1. The van der Waals surface area contributed by atoms with Crippen LogP contribution in [0.2, 0.25) is 0 Å². The van der Waals surface area contributed by atoms with Crippen LogP contribution in [0.5, 0.6) is 0 Å². The summed E-state index contributed by atoms with van der Waals surface area (Å²) in [6.07, 6.45) is -2.29. The minimum absolute atomic E-state index is 0.0439. The molecule has 3 heterocycles. The van der Waals surface area contributed by atoms with Crippen molar-refractivity contribution in [1.82, 2.24) is 14.9 Å². The number of aromatic nitrogens is 2. The van der Waals surface area contributed by atoms with Crippen LogP contribution >= 0.6 is 15.9 Å². The van der Waals surface area contributed by atoms with Gasteiger partial charge in [-0.3, -0.25) is 9.69 Å². The van der Waals surface area contributed by atoms with Gasteiger partial charge in [-0.1, -0.05) is 36.7 Å². The minimum atomic E-state index is -3.26. The molecule has 7 nitrogen and oxygen atoms in total. The third kappa shape index (κ3) is 2.84. The predicted molar refractivity (Wildman–Crippen MR) is 105 cm³/mol. The molecule has 2 N–H and O–H groups in total. The third-order valence-corrected chi connectivity index (χ3v) is 6.01. The van der Waals surface area contributed by atoms with Gasteiger partial charge in [-0.05, 0) is 23.6 Å². The van der Waals surface area contributed by atoms with Crippen molar-refractivity contribution in [2.75, 3.05) is 6.54 Å². The van der Waals surface area contributed by atoms with Gasteiger partial charge in [-0.15, -0.1) is 0 Å². The van der Waals surface area contributed by atoms with Gasteiger partial charge in [0.25, 0.3) is 11.5 Å². The zero-order chi connectivity index (χ0) is 21.4. The monoisotopic (exact) mass is 469 g/mol. The van der Waals surface area contributed by atoms with Crippen LogP contribution in [0, 0.1) is 5.41 Å². The maximum Gasteiger partial charge on any atom is 0.408 e. The van der Waals surface area contributed by atoms with E-state index >= 15 is 0 Å². The van der Waals surface area contributed by atoms with Crippen LogP contribution in [0.3, 0.4) is 0 Å². The molecule has 154 valence electrons. The number of carbonyl (C=O) groups is 1. The lowest BCUT2D eigenvalue weighted by molar-refractivity contribution is 0.000543. The number of fused-ring (bicyclic) bond motifs is 3. The molecule has 4 rings (SSSR count). The summed E-state index contributed by atoms with van der Waals surface area (Å²) in [5.41, 5.74) is -2.81. The Balaban J connectivity index is 2.09. The molecule has 1 amide bonds. The lowest BCUT2D eigenvalue weighted by atomic mass is 9.70. The van der Waals surface area contributed by atoms with Gasteiger partial charge in [0.15, 0.2) is 0 Å². The molecule has 0 bridgehead atoms. The van der Waals surface area contributed by atoms with Crippen LogP contribution in [0.4, 0.5) is 13.6 Å². The highest BCUT2D eigenvalue weighted by Crippen LogP contribution is 2.54. The average molecular weight is 470 g/mol. The summed E-state index contributed by atoms with van der Waals surface area (Å²) in [4.78, 5) is 32.4. The summed E-state index contributed by atoms with van der Waals surface area (Å²) in [6, 6.07) is 5.10. The number of amides is 1. The number of nitrogens with one attached hydrogen (secondary N) is 1. The molecule has 1 aliphatic rings. The van der Waals surface area contributed by atoms with Crippen molar-refractivity contribution >= 4 is 44.1 Å². The Bertz CT molecular complexity index is 1210. The first-order valence-electron chi connectivity index (χ1n) is 8.87. The van der Waals surface area contributed by atoms with Crippen molar-refractivity contribution in [1.29, 1.82) is 0 Å². The van der Waals surface area contributed by atoms with E-state index in [1.165, 1.54) is 0 Å². The van der Waals surface area contributed by atoms with E-state index in [4.69, 9.17) is 4.42 Å². The third-order valence-electron chi connectivity index (χ3n) is 5.51. The number of halogens is 3. The number of H-pyrrole nitrogens is 1. The number of nitrogens with zero attached hydrogens (tertiary/aromatic N) is 2. The normalized spacial score (nSPS) is 21.9. The highest BCUT2D eigenvalue weighted by molar-refractivity contribution is 9.10. The second-order valence-corrected chi connectivity index (χ2v) is 9.26. The first kappa shape index (κ1) is 19.8. The van der Waals surface area contributed by atoms with E-state index in [0.29, 0.717) is 15.9 Å². The largest absolute Gasteiger partial charge is 0.465 e. The summed E-state index contributed by atoms with van der Waals surface area (Å²) >= 11 is 3.35. The fourth-order valence-electron chi connectivity index (χ4n) is 4.18. The Morgan fingerprint density at radius 2 is 2.07 bits per heavy atom. The van der Waals surface area contributed by atoms with E-state index in [0.717, 1.165) is 4.47 Å². The van der Waals surface area contributed by atoms with Crippen LogP contribution in [-0.4, -0.2) is 38.5 Å². The number of hydrogen-bond donors (Lipinski definition) is 2. The van der Waals surface area contributed by atoms with Crippen LogP contribution < -0.4 is 5.56 Å². The molecule has 0 unspecified atom stereocenters. The minimum Gasteiger partial charge on any atom is -0.465 e. The van der Waals surface area contributed by atoms with E-state index in [9.17, 15) is 23.5 Å². The number of rotatable bonds is 1. The number of hydrogen-bond acceptors (Lipinski definition) is 4. The quantitative estimate of drug-likeness (QED) is 0.538. The summed E-state index contributed by atoms with van der Waals surface area (Å²) in [5, 5.41) is 10.2. The number of carboxylic acid groups (broad SMARTS) is 1. The van der Waals surface area contributed by atoms with Crippen LogP contribution in [0.1, 0.15) is 33.0 Å². The molecule has 3 aromatic rings. The lowest BCUT2D eigenvalue weighted by Gasteiger charge is -2.45. The number of alkyl halides is 2. The van der Waals surface area contributed by atoms with E-state index in [2.05, 4.69) is 25.9 Å². The lowest BCUT2D eigenvalue weighted by Crippen LogP contribution is -2.54. The van der Waals surface area contributed by atoms with Gasteiger partial charge in [0.2, 0.25) is 5.58 Å². The first-order valence-corrected chi connectivity index (χ1v) is 9.66. The molecule has 10 heteroatoms. The Hall–Kier alpha value is -2.49. The molecule has 0 aliphatic carbocycles. The molecule has 1 saturated heterocycles. The van der Waals surface area contributed by atoms with E-state index < -0.39 is 41.5 Å². The molecular formula is C19H18BrF2N3O4. The molecule has 1 atom stereocenters. The van der Waals surface area contributed by atoms with Crippen molar-refractivity contribution in [2.24, 2.45) is 5.41 Å². The smallest absolute Gasteiger partial charge is 0.408 e. The SMILES string of the molecule is CC(C)(C)[C@@]1(c2nc3c(oc4ccc(Br)cc43)c(=O)[nH]2)CC(F)(F)CN1C(=O)O. The van der Waals surface area contributed by atoms with Crippen LogP contribution in [-0.2, 0) is 5.54 Å². The Morgan fingerprint density at radius 1 is 1.38 bits per heavy atom. The highest BCUT2D eigenvalue weighted by Gasteiger charge is 2.64. The summed E-state index contributed by atoms with van der Waals surface area (Å²) in [6.45, 7) is 3.98. The summed E-state index contributed by atoms with van der Waals surface area (Å²) in [7, 11) is 0. The van der Waals surface area contributed by atoms with Crippen molar-refractivity contribution in [2.45, 2.75) is 38.7 Å². The van der Waals surface area contributed by atoms with Crippen LogP contribution in [0.25, 0.3) is 22.1 Å².